The summed E-state index contributed by atoms with van der Waals surface area (Å²) in [6.07, 6.45) is 2.05. The first-order valence-corrected chi connectivity index (χ1v) is 8.92. The number of pyridine rings is 2. The second-order valence-corrected chi connectivity index (χ2v) is 6.81. The maximum absolute atomic E-state index is 11.2. The van der Waals surface area contributed by atoms with Gasteiger partial charge in [-0.25, -0.2) is 19.3 Å². The Hall–Kier alpha value is -2.88. The van der Waals surface area contributed by atoms with Gasteiger partial charge in [0.25, 0.3) is 0 Å². The summed E-state index contributed by atoms with van der Waals surface area (Å²) in [5.74, 6) is 0. The molecule has 4 heterocycles. The molecule has 0 bridgehead atoms. The van der Waals surface area contributed by atoms with Crippen LogP contribution in [-0.4, -0.2) is 45.1 Å². The number of aliphatic hydroxyl groups excluding tert-OH is 1. The van der Waals surface area contributed by atoms with E-state index in [0.29, 0.717) is 44.2 Å². The van der Waals surface area contributed by atoms with E-state index in [1.807, 2.05) is 0 Å². The van der Waals surface area contributed by atoms with Crippen LogP contribution in [0, 0.1) is 0 Å². The summed E-state index contributed by atoms with van der Waals surface area (Å²) in [5, 5.41) is 28.4. The molecule has 0 aromatic carbocycles. The van der Waals surface area contributed by atoms with Crippen molar-refractivity contribution in [2.75, 3.05) is 0 Å². The van der Waals surface area contributed by atoms with Gasteiger partial charge in [-0.2, -0.15) is 0 Å². The molecule has 142 valence electrons. The molecule has 0 aliphatic heterocycles. The van der Waals surface area contributed by atoms with Crippen molar-refractivity contribution in [3.05, 3.63) is 58.4 Å². The fraction of sp³-hybridized carbons (Fsp3) is 0.176. The van der Waals surface area contributed by atoms with Gasteiger partial charge in [-0.05, 0) is 24.3 Å². The number of aromatic nitrogens is 8. The zero-order valence-corrected chi connectivity index (χ0v) is 16.3. The molecule has 0 saturated heterocycles. The highest BCUT2D eigenvalue weighted by Gasteiger charge is 2.28. The summed E-state index contributed by atoms with van der Waals surface area (Å²) in [4.78, 5) is 8.15. The van der Waals surface area contributed by atoms with Gasteiger partial charge in [0.15, 0.2) is 0 Å². The molecule has 0 fully saturated rings. The van der Waals surface area contributed by atoms with Crippen molar-refractivity contribution in [3.8, 4) is 22.5 Å². The van der Waals surface area contributed by atoms with E-state index in [0.717, 1.165) is 0 Å². The van der Waals surface area contributed by atoms with E-state index >= 15 is 0 Å². The fourth-order valence-electron chi connectivity index (χ4n) is 2.91. The molecule has 9 nitrogen and oxygen atoms in total. The highest BCUT2D eigenvalue weighted by atomic mass is 35.5. The molecule has 1 N–H and O–H groups in total. The Morgan fingerprint density at radius 3 is 1.57 bits per heavy atom. The van der Waals surface area contributed by atoms with Gasteiger partial charge in [0, 0.05) is 37.6 Å². The number of rotatable bonds is 4. The Morgan fingerprint density at radius 2 is 1.21 bits per heavy atom. The van der Waals surface area contributed by atoms with E-state index in [-0.39, 0.29) is 0 Å². The van der Waals surface area contributed by atoms with Crippen LogP contribution < -0.4 is 0 Å². The van der Waals surface area contributed by atoms with E-state index in [4.69, 9.17) is 23.2 Å². The predicted octanol–water partition coefficient (Wildman–Crippen LogP) is 2.46. The number of nitrogens with zero attached hydrogens (tertiary/aromatic N) is 8. The maximum atomic E-state index is 11.2. The first-order chi connectivity index (χ1) is 13.5. The molecule has 4 aromatic heterocycles. The van der Waals surface area contributed by atoms with Crippen molar-refractivity contribution in [1.82, 2.24) is 40.0 Å². The van der Waals surface area contributed by atoms with E-state index in [2.05, 4.69) is 30.6 Å². The summed E-state index contributed by atoms with van der Waals surface area (Å²) >= 11 is 11.7. The van der Waals surface area contributed by atoms with E-state index < -0.39 is 6.10 Å². The van der Waals surface area contributed by atoms with Crippen molar-refractivity contribution in [2.45, 2.75) is 6.10 Å². The standard InChI is InChI=1S/C17H14Cl2N8O/c1-26-15(13(22-24-26)9-3-5-11(18)20-7-9)17(28)16-14(23-25-27(16)2)10-4-6-12(19)21-8-10/h3-8,17,28H,1-2H3. The number of aryl methyl sites for hydroxylation is 2. The van der Waals surface area contributed by atoms with Crippen LogP contribution in [0.4, 0.5) is 0 Å². The Bertz CT molecular complexity index is 1030. The van der Waals surface area contributed by atoms with Crippen molar-refractivity contribution >= 4 is 23.2 Å². The van der Waals surface area contributed by atoms with Crippen LogP contribution in [0.15, 0.2) is 36.7 Å². The predicted molar refractivity (Wildman–Crippen MR) is 103 cm³/mol. The lowest BCUT2D eigenvalue weighted by atomic mass is 10.0. The highest BCUT2D eigenvalue weighted by Crippen LogP contribution is 2.34. The van der Waals surface area contributed by atoms with Crippen LogP contribution in [0.1, 0.15) is 17.5 Å². The molecule has 11 heteroatoms. The minimum Gasteiger partial charge on any atom is -0.380 e. The molecule has 0 spiro atoms. The Kier molecular flexibility index (Phi) is 4.80. The molecule has 28 heavy (non-hydrogen) atoms. The van der Waals surface area contributed by atoms with Gasteiger partial charge in [0.05, 0.1) is 0 Å². The summed E-state index contributed by atoms with van der Waals surface area (Å²) in [6, 6.07) is 6.83. The zero-order valence-electron chi connectivity index (χ0n) is 14.8. The molecule has 4 aromatic rings. The summed E-state index contributed by atoms with van der Waals surface area (Å²) in [5.41, 5.74) is 3.27. The monoisotopic (exact) mass is 416 g/mol. The van der Waals surface area contributed by atoms with Crippen molar-refractivity contribution in [2.24, 2.45) is 14.1 Å². The van der Waals surface area contributed by atoms with Crippen LogP contribution in [0.5, 0.6) is 0 Å². The maximum Gasteiger partial charge on any atom is 0.142 e. The average Bonchev–Trinajstić information content (AvgIpc) is 3.25. The topological polar surface area (TPSA) is 107 Å². The van der Waals surface area contributed by atoms with Gasteiger partial charge in [-0.3, -0.25) is 0 Å². The molecule has 0 amide bonds. The van der Waals surface area contributed by atoms with E-state index in [9.17, 15) is 5.11 Å². The van der Waals surface area contributed by atoms with Gasteiger partial charge < -0.3 is 5.11 Å². The molecule has 4 rings (SSSR count). The zero-order chi connectivity index (χ0) is 19.8. The van der Waals surface area contributed by atoms with Crippen LogP contribution in [0.2, 0.25) is 10.3 Å². The number of hydrogen-bond acceptors (Lipinski definition) is 7. The molecule has 0 radical (unpaired) electrons. The number of aliphatic hydroxyl groups is 1. The molecular formula is C17H14Cl2N8O. The summed E-state index contributed by atoms with van der Waals surface area (Å²) in [7, 11) is 3.40. The normalized spacial score (nSPS) is 11.4. The quantitative estimate of drug-likeness (QED) is 0.508. The van der Waals surface area contributed by atoms with Crippen LogP contribution >= 0.6 is 23.2 Å². The van der Waals surface area contributed by atoms with Gasteiger partial charge in [-0.15, -0.1) is 10.2 Å². The van der Waals surface area contributed by atoms with Gasteiger partial charge in [0.2, 0.25) is 0 Å². The van der Waals surface area contributed by atoms with Gasteiger partial charge >= 0.3 is 0 Å². The number of hydrogen-bond donors (Lipinski definition) is 1. The molecule has 0 aliphatic rings. The third-order valence-electron chi connectivity index (χ3n) is 4.26. The Morgan fingerprint density at radius 1 is 0.786 bits per heavy atom. The fourth-order valence-corrected chi connectivity index (χ4v) is 3.14. The molecule has 0 atom stereocenters. The van der Waals surface area contributed by atoms with Crippen LogP contribution in [0.3, 0.4) is 0 Å². The van der Waals surface area contributed by atoms with Crippen LogP contribution in [0.25, 0.3) is 22.5 Å². The average molecular weight is 417 g/mol. The Balaban J connectivity index is 1.83. The molecule has 0 unspecified atom stereocenters. The minimum atomic E-state index is -1.10. The smallest absolute Gasteiger partial charge is 0.142 e. The Labute approximate surface area is 169 Å². The lowest BCUT2D eigenvalue weighted by molar-refractivity contribution is 0.200. The van der Waals surface area contributed by atoms with Crippen molar-refractivity contribution in [1.29, 1.82) is 0 Å². The van der Waals surface area contributed by atoms with Gasteiger partial charge in [0.1, 0.15) is 39.2 Å². The lowest BCUT2D eigenvalue weighted by Crippen LogP contribution is -2.13. The molecular weight excluding hydrogens is 403 g/mol. The largest absolute Gasteiger partial charge is 0.380 e. The minimum absolute atomic E-state index is 0.364. The third-order valence-corrected chi connectivity index (χ3v) is 4.71. The molecule has 0 aliphatic carbocycles. The molecule has 0 saturated carbocycles. The summed E-state index contributed by atoms with van der Waals surface area (Å²) in [6.45, 7) is 0. The summed E-state index contributed by atoms with van der Waals surface area (Å²) < 4.78 is 3.01. The first kappa shape index (κ1) is 18.5. The SMILES string of the molecule is Cn1nnc(-c2ccc(Cl)nc2)c1C(O)c1c(-c2ccc(Cl)nc2)nnn1C. The van der Waals surface area contributed by atoms with E-state index in [1.165, 1.54) is 9.36 Å². The van der Waals surface area contributed by atoms with Crippen molar-refractivity contribution in [3.63, 3.8) is 0 Å². The lowest BCUT2D eigenvalue weighted by Gasteiger charge is -2.14. The van der Waals surface area contributed by atoms with Crippen molar-refractivity contribution < 1.29 is 5.11 Å². The first-order valence-electron chi connectivity index (χ1n) is 8.16. The van der Waals surface area contributed by atoms with Gasteiger partial charge in [-0.1, -0.05) is 33.6 Å². The third kappa shape index (κ3) is 3.24. The second-order valence-electron chi connectivity index (χ2n) is 6.04. The highest BCUT2D eigenvalue weighted by molar-refractivity contribution is 6.29. The van der Waals surface area contributed by atoms with E-state index in [1.54, 1.807) is 50.8 Å². The number of halogens is 2. The van der Waals surface area contributed by atoms with Crippen LogP contribution in [-0.2, 0) is 14.1 Å². The second kappa shape index (κ2) is 7.27.